The first-order valence-electron chi connectivity index (χ1n) is 11.6. The zero-order valence-electron chi connectivity index (χ0n) is 21.6. The van der Waals surface area contributed by atoms with E-state index in [1.165, 1.54) is 12.3 Å². The normalized spacial score (nSPS) is 27.6. The molecule has 0 saturated carbocycles. The van der Waals surface area contributed by atoms with Crippen molar-refractivity contribution < 1.29 is 24.9 Å². The Morgan fingerprint density at radius 2 is 2.08 bits per heavy atom. The summed E-state index contributed by atoms with van der Waals surface area (Å²) >= 11 is 0. The van der Waals surface area contributed by atoms with Crippen LogP contribution < -0.4 is 5.32 Å². The van der Waals surface area contributed by atoms with Crippen molar-refractivity contribution in [2.75, 3.05) is 38.0 Å². The molecule has 4 rings (SSSR count). The molecule has 1 saturated heterocycles. The molecule has 1 aliphatic heterocycles. The number of oxazole rings is 1. The van der Waals surface area contributed by atoms with Gasteiger partial charge in [-0.05, 0) is 12.1 Å². The van der Waals surface area contributed by atoms with Gasteiger partial charge in [-0.15, -0.1) is 0 Å². The first-order chi connectivity index (χ1) is 15.6. The molecule has 1 N–H and O–H groups in total. The Labute approximate surface area is 161 Å². The highest BCUT2D eigenvalue weighted by Gasteiger charge is 2.15. The van der Waals surface area contributed by atoms with Crippen LogP contribution in [0.25, 0.3) is 22.2 Å². The SMILES string of the molecule is [2H]C1([2H])OC([2H])([2H])C([2H])([2H])N(CC(=O)Nc2cc3cc(-c4cnc(C)o4)cnc3cn2)C1([2H])[2H]. The number of ether oxygens (including phenoxy) is 1. The molecule has 8 nitrogen and oxygen atoms in total. The Balaban J connectivity index is 1.58. The maximum absolute atomic E-state index is 12.7. The Kier molecular flexibility index (Phi) is 2.69. The zero-order valence-corrected chi connectivity index (χ0v) is 13.6. The van der Waals surface area contributed by atoms with Crippen LogP contribution in [0.5, 0.6) is 0 Å². The van der Waals surface area contributed by atoms with E-state index in [0.29, 0.717) is 28.1 Å². The average Bonchev–Trinajstić information content (AvgIpc) is 3.16. The minimum Gasteiger partial charge on any atom is -0.441 e. The first kappa shape index (κ1) is 9.75. The van der Waals surface area contributed by atoms with Gasteiger partial charge < -0.3 is 14.5 Å². The van der Waals surface area contributed by atoms with E-state index in [9.17, 15) is 4.79 Å². The minimum atomic E-state index is -3.23. The number of amides is 1. The van der Waals surface area contributed by atoms with Gasteiger partial charge >= 0.3 is 0 Å². The lowest BCUT2D eigenvalue weighted by atomic mass is 10.1. The molecule has 0 aromatic carbocycles. The number of hydrogen-bond donors (Lipinski definition) is 1. The number of rotatable bonds is 4. The van der Waals surface area contributed by atoms with Crippen LogP contribution in [0.1, 0.15) is 16.9 Å². The second-order valence-corrected chi connectivity index (χ2v) is 5.39. The predicted molar refractivity (Wildman–Crippen MR) is 95.7 cm³/mol. The van der Waals surface area contributed by atoms with Gasteiger partial charge in [0.1, 0.15) is 5.82 Å². The topological polar surface area (TPSA) is 93.4 Å². The molecule has 1 aliphatic rings. The number of aryl methyl sites for hydroxylation is 1. The molecule has 3 aromatic heterocycles. The number of nitrogens with one attached hydrogen (secondary N) is 1. The third-order valence-corrected chi connectivity index (χ3v) is 3.51. The van der Waals surface area contributed by atoms with Crippen LogP contribution >= 0.6 is 0 Å². The number of aromatic nitrogens is 3. The van der Waals surface area contributed by atoms with E-state index in [2.05, 4.69) is 25.0 Å². The fourth-order valence-electron chi connectivity index (χ4n) is 2.34. The fraction of sp³-hybridized carbons (Fsp3) is 0.333. The molecule has 134 valence electrons. The van der Waals surface area contributed by atoms with Crippen molar-refractivity contribution in [1.29, 1.82) is 0 Å². The zero-order chi connectivity index (χ0) is 25.1. The highest BCUT2D eigenvalue weighted by Crippen LogP contribution is 2.24. The fourth-order valence-corrected chi connectivity index (χ4v) is 2.34. The highest BCUT2D eigenvalue weighted by atomic mass is 16.5. The lowest BCUT2D eigenvalue weighted by Gasteiger charge is -2.25. The van der Waals surface area contributed by atoms with Gasteiger partial charge in [-0.25, -0.2) is 9.97 Å². The lowest BCUT2D eigenvalue weighted by molar-refractivity contribution is -0.118. The van der Waals surface area contributed by atoms with Crippen LogP contribution in [-0.2, 0) is 9.53 Å². The maximum atomic E-state index is 12.7. The second kappa shape index (κ2) is 7.19. The van der Waals surface area contributed by atoms with Crippen LogP contribution in [0.2, 0.25) is 0 Å². The summed E-state index contributed by atoms with van der Waals surface area (Å²) in [6.45, 7) is -12.1. The average molecular weight is 361 g/mol. The summed E-state index contributed by atoms with van der Waals surface area (Å²) in [6.07, 6.45) is 4.52. The summed E-state index contributed by atoms with van der Waals surface area (Å²) in [5, 5.41) is 2.99. The molecule has 0 radical (unpaired) electrons. The molecule has 0 bridgehead atoms. The molecule has 3 aromatic rings. The molecule has 26 heavy (non-hydrogen) atoms. The number of carbonyl (C=O) groups excluding carboxylic acids is 1. The Hall–Kier alpha value is -2.84. The van der Waals surface area contributed by atoms with Crippen molar-refractivity contribution in [3.05, 3.63) is 36.6 Å². The van der Waals surface area contributed by atoms with Crippen LogP contribution in [0.4, 0.5) is 5.82 Å². The monoisotopic (exact) mass is 361 g/mol. The van der Waals surface area contributed by atoms with E-state index in [0.717, 1.165) is 0 Å². The number of carbonyl (C=O) groups is 1. The van der Waals surface area contributed by atoms with Crippen LogP contribution in [0.15, 0.2) is 35.1 Å². The van der Waals surface area contributed by atoms with Crippen molar-refractivity contribution in [1.82, 2.24) is 19.9 Å². The molecule has 1 fully saturated rings. The van der Waals surface area contributed by atoms with E-state index in [1.54, 1.807) is 25.4 Å². The lowest BCUT2D eigenvalue weighted by Crippen LogP contribution is -2.41. The van der Waals surface area contributed by atoms with E-state index < -0.39 is 38.6 Å². The molecule has 1 amide bonds. The Morgan fingerprint density at radius 3 is 2.85 bits per heavy atom. The van der Waals surface area contributed by atoms with Gasteiger partial charge in [0, 0.05) is 42.5 Å². The molecular weight excluding hydrogens is 334 g/mol. The van der Waals surface area contributed by atoms with Crippen molar-refractivity contribution in [3.63, 3.8) is 0 Å². The molecular formula is C18H19N5O3. The van der Waals surface area contributed by atoms with Gasteiger partial charge in [0.05, 0.1) is 43.1 Å². The standard InChI is InChI=1S/C18H19N5O3/c1-12-19-10-16(26-12)14-6-13-7-17(21-9-15(13)20-8-14)22-18(24)11-23-2-4-25-5-3-23/h6-10H,2-5,11H2,1H3,(H,21,22,24)/i2D2,3D2,4D2,5D2. The number of pyridine rings is 2. The molecule has 0 atom stereocenters. The quantitative estimate of drug-likeness (QED) is 0.758. The van der Waals surface area contributed by atoms with Gasteiger partial charge in [0.2, 0.25) is 5.91 Å². The van der Waals surface area contributed by atoms with E-state index >= 15 is 0 Å². The van der Waals surface area contributed by atoms with Crippen molar-refractivity contribution >= 4 is 22.6 Å². The molecule has 4 heterocycles. The molecule has 0 spiro atoms. The predicted octanol–water partition coefficient (Wildman–Crippen LogP) is 1.86. The largest absolute Gasteiger partial charge is 0.441 e. The molecule has 0 unspecified atom stereocenters. The summed E-state index contributed by atoms with van der Waals surface area (Å²) in [4.78, 5) is 25.2. The molecule has 0 aliphatic carbocycles. The van der Waals surface area contributed by atoms with Gasteiger partial charge in [0.25, 0.3) is 0 Å². The number of nitrogens with zero attached hydrogens (tertiary/aromatic N) is 4. The number of anilines is 1. The summed E-state index contributed by atoms with van der Waals surface area (Å²) in [5.74, 6) is 0.0812. The van der Waals surface area contributed by atoms with E-state index in [1.807, 2.05) is 0 Å². The summed E-state index contributed by atoms with van der Waals surface area (Å²) < 4.78 is 72.6. The third-order valence-electron chi connectivity index (χ3n) is 3.51. The van der Waals surface area contributed by atoms with Gasteiger partial charge in [-0.3, -0.25) is 14.7 Å². The van der Waals surface area contributed by atoms with Crippen LogP contribution in [0, 0.1) is 6.92 Å². The van der Waals surface area contributed by atoms with Gasteiger partial charge in [-0.2, -0.15) is 0 Å². The van der Waals surface area contributed by atoms with Crippen molar-refractivity contribution in [2.45, 2.75) is 6.92 Å². The Bertz CT molecular complexity index is 1240. The third kappa shape index (κ3) is 3.71. The van der Waals surface area contributed by atoms with Gasteiger partial charge in [-0.1, -0.05) is 0 Å². The van der Waals surface area contributed by atoms with Crippen LogP contribution in [0.3, 0.4) is 0 Å². The highest BCUT2D eigenvalue weighted by molar-refractivity contribution is 5.93. The Morgan fingerprint density at radius 1 is 1.23 bits per heavy atom. The van der Waals surface area contributed by atoms with Crippen molar-refractivity contribution in [3.8, 4) is 11.3 Å². The maximum Gasteiger partial charge on any atom is 0.239 e. The molecule has 8 heteroatoms. The summed E-state index contributed by atoms with van der Waals surface area (Å²) in [7, 11) is 0. The van der Waals surface area contributed by atoms with Crippen molar-refractivity contribution in [2.24, 2.45) is 0 Å². The van der Waals surface area contributed by atoms with E-state index in [-0.39, 0.29) is 10.7 Å². The number of morpholine rings is 1. The van der Waals surface area contributed by atoms with E-state index in [4.69, 9.17) is 15.4 Å². The number of fused-ring (bicyclic) bond motifs is 1. The minimum absolute atomic E-state index is 0.0469. The second-order valence-electron chi connectivity index (χ2n) is 5.39. The summed E-state index contributed by atoms with van der Waals surface area (Å²) in [6, 6.07) is 3.23. The summed E-state index contributed by atoms with van der Waals surface area (Å²) in [5.41, 5.74) is 1.15. The van der Waals surface area contributed by atoms with Gasteiger partial charge in [0.15, 0.2) is 11.7 Å². The smallest absolute Gasteiger partial charge is 0.239 e. The number of hydrogen-bond acceptors (Lipinski definition) is 7. The van der Waals surface area contributed by atoms with Crippen LogP contribution in [-0.4, -0.2) is 58.4 Å². The first-order valence-corrected chi connectivity index (χ1v) is 7.60.